The fraction of sp³-hybridized carbons (Fsp3) is 0.478. The van der Waals surface area contributed by atoms with E-state index in [1.54, 1.807) is 6.20 Å². The van der Waals surface area contributed by atoms with Gasteiger partial charge >= 0.3 is 0 Å². The van der Waals surface area contributed by atoms with Gasteiger partial charge in [0, 0.05) is 37.3 Å². The number of aliphatic hydroxyl groups is 1. The summed E-state index contributed by atoms with van der Waals surface area (Å²) in [7, 11) is 4.06. The van der Waals surface area contributed by atoms with Crippen molar-refractivity contribution in [3.63, 3.8) is 0 Å². The molecule has 1 aromatic carbocycles. The number of pyridine rings is 1. The molecule has 1 aliphatic carbocycles. The molecule has 2 aliphatic rings. The summed E-state index contributed by atoms with van der Waals surface area (Å²) in [5.41, 5.74) is 3.35. The lowest BCUT2D eigenvalue weighted by Crippen LogP contribution is -2.50. The normalized spacial score (nSPS) is 23.2. The zero-order valence-corrected chi connectivity index (χ0v) is 16.7. The molecule has 1 aliphatic heterocycles. The van der Waals surface area contributed by atoms with Crippen LogP contribution in [0.4, 0.5) is 0 Å². The van der Waals surface area contributed by atoms with Crippen LogP contribution < -0.4 is 0 Å². The number of aliphatic hydroxyl groups excluding tert-OH is 1. The van der Waals surface area contributed by atoms with Crippen molar-refractivity contribution >= 4 is 5.91 Å². The van der Waals surface area contributed by atoms with Crippen LogP contribution in [0.15, 0.2) is 48.8 Å². The standard InChI is InChI=1S/C23H29N3O2/c1-25(2)21-18-7-3-4-8-19(18)23(22(21)28)11-14-26(15-12-23)20(27)10-9-17-6-5-13-24-16-17/h3-8,13,16,21-22,28H,9-12,14-15H2,1-2H3/t21-,22+/m1/s1. The number of nitrogens with zero attached hydrogens (tertiary/aromatic N) is 3. The van der Waals surface area contributed by atoms with Crippen LogP contribution in [0.2, 0.25) is 0 Å². The Hall–Kier alpha value is -2.24. The first-order chi connectivity index (χ1) is 13.5. The van der Waals surface area contributed by atoms with Crippen LogP contribution >= 0.6 is 0 Å². The molecule has 1 aromatic heterocycles. The van der Waals surface area contributed by atoms with E-state index in [4.69, 9.17) is 0 Å². The molecule has 2 heterocycles. The van der Waals surface area contributed by atoms with Gasteiger partial charge in [0.05, 0.1) is 12.1 Å². The number of hydrogen-bond acceptors (Lipinski definition) is 4. The number of piperidine rings is 1. The van der Waals surface area contributed by atoms with Gasteiger partial charge in [-0.05, 0) is 56.1 Å². The Balaban J connectivity index is 1.45. The second-order valence-corrected chi connectivity index (χ2v) is 8.34. The van der Waals surface area contributed by atoms with Crippen molar-refractivity contribution in [1.82, 2.24) is 14.8 Å². The average Bonchev–Trinajstić information content (AvgIpc) is 2.96. The van der Waals surface area contributed by atoms with E-state index in [1.165, 1.54) is 11.1 Å². The maximum atomic E-state index is 12.7. The number of carbonyl (C=O) groups excluding carboxylic acids is 1. The number of benzene rings is 1. The molecule has 28 heavy (non-hydrogen) atoms. The van der Waals surface area contributed by atoms with Crippen molar-refractivity contribution in [2.24, 2.45) is 0 Å². The van der Waals surface area contributed by atoms with E-state index < -0.39 is 6.10 Å². The summed E-state index contributed by atoms with van der Waals surface area (Å²) in [6.07, 6.45) is 6.00. The summed E-state index contributed by atoms with van der Waals surface area (Å²) in [5, 5.41) is 11.3. The summed E-state index contributed by atoms with van der Waals surface area (Å²) >= 11 is 0. The average molecular weight is 380 g/mol. The molecule has 5 heteroatoms. The number of likely N-dealkylation sites (tertiary alicyclic amines) is 1. The Labute approximate surface area is 167 Å². The molecule has 4 rings (SSSR count). The largest absolute Gasteiger partial charge is 0.390 e. The fourth-order valence-corrected chi connectivity index (χ4v) is 5.08. The minimum Gasteiger partial charge on any atom is -0.390 e. The molecular weight excluding hydrogens is 350 g/mol. The summed E-state index contributed by atoms with van der Waals surface area (Å²) in [4.78, 5) is 20.9. The van der Waals surface area contributed by atoms with Gasteiger partial charge in [-0.2, -0.15) is 0 Å². The van der Waals surface area contributed by atoms with Crippen molar-refractivity contribution in [3.8, 4) is 0 Å². The smallest absolute Gasteiger partial charge is 0.222 e. The lowest BCUT2D eigenvalue weighted by atomic mass is 9.72. The highest BCUT2D eigenvalue weighted by Gasteiger charge is 2.53. The molecule has 5 nitrogen and oxygen atoms in total. The number of fused-ring (bicyclic) bond motifs is 2. The second-order valence-electron chi connectivity index (χ2n) is 8.34. The fourth-order valence-electron chi connectivity index (χ4n) is 5.08. The summed E-state index contributed by atoms with van der Waals surface area (Å²) in [6, 6.07) is 12.4. The molecule has 1 fully saturated rings. The highest BCUT2D eigenvalue weighted by Crippen LogP contribution is 2.52. The molecule has 1 N–H and O–H groups in total. The minimum atomic E-state index is -0.437. The van der Waals surface area contributed by atoms with Crippen molar-refractivity contribution in [3.05, 3.63) is 65.5 Å². The van der Waals surface area contributed by atoms with E-state index in [2.05, 4.69) is 34.1 Å². The van der Waals surface area contributed by atoms with Gasteiger partial charge in [-0.1, -0.05) is 30.3 Å². The van der Waals surface area contributed by atoms with E-state index in [-0.39, 0.29) is 17.4 Å². The van der Waals surface area contributed by atoms with Gasteiger partial charge in [-0.15, -0.1) is 0 Å². The van der Waals surface area contributed by atoms with E-state index in [0.29, 0.717) is 19.5 Å². The number of amides is 1. The van der Waals surface area contributed by atoms with Crippen LogP contribution in [0.1, 0.15) is 42.0 Å². The van der Waals surface area contributed by atoms with Crippen molar-refractivity contribution in [2.75, 3.05) is 27.2 Å². The molecule has 2 atom stereocenters. The molecule has 1 spiro atoms. The van der Waals surface area contributed by atoms with E-state index in [9.17, 15) is 9.90 Å². The lowest BCUT2D eigenvalue weighted by Gasteiger charge is -2.43. The van der Waals surface area contributed by atoms with Crippen LogP contribution in [0.5, 0.6) is 0 Å². The molecule has 0 bridgehead atoms. The molecule has 0 radical (unpaired) electrons. The SMILES string of the molecule is CN(C)[C@@H]1c2ccccc2C2(CCN(C(=O)CCc3cccnc3)CC2)[C@H]1O. The molecular formula is C23H29N3O2. The predicted octanol–water partition coefficient (Wildman–Crippen LogP) is 2.55. The number of rotatable bonds is 4. The van der Waals surface area contributed by atoms with Crippen molar-refractivity contribution < 1.29 is 9.90 Å². The van der Waals surface area contributed by atoms with Gasteiger partial charge in [0.1, 0.15) is 0 Å². The molecule has 2 aromatic rings. The summed E-state index contributed by atoms with van der Waals surface area (Å²) in [5.74, 6) is 0.198. The number of hydrogen-bond donors (Lipinski definition) is 1. The van der Waals surface area contributed by atoms with Crippen LogP contribution in [0, 0.1) is 0 Å². The number of likely N-dealkylation sites (N-methyl/N-ethyl adjacent to an activating group) is 1. The highest BCUT2D eigenvalue weighted by atomic mass is 16.3. The summed E-state index contributed by atoms with van der Waals surface area (Å²) in [6.45, 7) is 1.41. The van der Waals surface area contributed by atoms with Gasteiger partial charge in [0.25, 0.3) is 0 Å². The monoisotopic (exact) mass is 379 g/mol. The van der Waals surface area contributed by atoms with E-state index >= 15 is 0 Å². The zero-order chi connectivity index (χ0) is 19.7. The first-order valence-corrected chi connectivity index (χ1v) is 10.1. The van der Waals surface area contributed by atoms with Gasteiger partial charge in [-0.25, -0.2) is 0 Å². The quantitative estimate of drug-likeness (QED) is 0.887. The van der Waals surface area contributed by atoms with Crippen LogP contribution in [0.25, 0.3) is 0 Å². The maximum absolute atomic E-state index is 12.7. The van der Waals surface area contributed by atoms with Gasteiger partial charge < -0.3 is 14.9 Å². The maximum Gasteiger partial charge on any atom is 0.222 e. The van der Waals surface area contributed by atoms with Crippen molar-refractivity contribution in [1.29, 1.82) is 0 Å². The lowest BCUT2D eigenvalue weighted by molar-refractivity contribution is -0.133. The third-order valence-corrected chi connectivity index (χ3v) is 6.60. The Morgan fingerprint density at radius 3 is 2.64 bits per heavy atom. The van der Waals surface area contributed by atoms with E-state index in [0.717, 1.165) is 24.8 Å². The topological polar surface area (TPSA) is 56.7 Å². The molecule has 0 saturated carbocycles. The molecule has 1 saturated heterocycles. The number of aromatic nitrogens is 1. The third-order valence-electron chi connectivity index (χ3n) is 6.60. The van der Waals surface area contributed by atoms with Gasteiger partial charge in [0.2, 0.25) is 5.91 Å². The molecule has 1 amide bonds. The van der Waals surface area contributed by atoms with Crippen LogP contribution in [0.3, 0.4) is 0 Å². The minimum absolute atomic E-state index is 0.0176. The molecule has 0 unspecified atom stereocenters. The summed E-state index contributed by atoms with van der Waals surface area (Å²) < 4.78 is 0. The second kappa shape index (κ2) is 7.64. The third kappa shape index (κ3) is 3.23. The van der Waals surface area contributed by atoms with Crippen LogP contribution in [-0.4, -0.2) is 59.1 Å². The number of aryl methyl sites for hydroxylation is 1. The highest BCUT2D eigenvalue weighted by molar-refractivity contribution is 5.76. The van der Waals surface area contributed by atoms with E-state index in [1.807, 2.05) is 37.3 Å². The Morgan fingerprint density at radius 1 is 1.21 bits per heavy atom. The Morgan fingerprint density at radius 2 is 1.96 bits per heavy atom. The Kier molecular flexibility index (Phi) is 5.21. The zero-order valence-electron chi connectivity index (χ0n) is 16.7. The van der Waals surface area contributed by atoms with Gasteiger partial charge in [0.15, 0.2) is 0 Å². The Bertz CT molecular complexity index is 829. The van der Waals surface area contributed by atoms with Crippen LogP contribution in [-0.2, 0) is 16.6 Å². The van der Waals surface area contributed by atoms with Crippen molar-refractivity contribution in [2.45, 2.75) is 43.2 Å². The first kappa shape index (κ1) is 19.1. The van der Waals surface area contributed by atoms with Gasteiger partial charge in [-0.3, -0.25) is 9.78 Å². The number of carbonyl (C=O) groups is 1. The molecule has 148 valence electrons. The first-order valence-electron chi connectivity index (χ1n) is 10.1. The predicted molar refractivity (Wildman–Crippen MR) is 109 cm³/mol.